The van der Waals surface area contributed by atoms with E-state index in [1.807, 2.05) is 6.08 Å². The molecule has 0 aromatic rings. The molecule has 1 aliphatic heterocycles. The summed E-state index contributed by atoms with van der Waals surface area (Å²) >= 11 is 0. The molecule has 5 nitrogen and oxygen atoms in total. The monoisotopic (exact) mass is 281 g/mol. The zero-order chi connectivity index (χ0) is 14.4. The Kier molecular flexibility index (Phi) is 5.43. The van der Waals surface area contributed by atoms with Gasteiger partial charge in [-0.2, -0.15) is 0 Å². The van der Waals surface area contributed by atoms with Crippen LogP contribution in [0.15, 0.2) is 12.7 Å². The molecule has 1 atom stereocenters. The quantitative estimate of drug-likeness (QED) is 0.695. The molecule has 2 fully saturated rings. The van der Waals surface area contributed by atoms with Crippen LogP contribution in [0, 0.1) is 0 Å². The Morgan fingerprint density at radius 1 is 1.45 bits per heavy atom. The van der Waals surface area contributed by atoms with Crippen LogP contribution in [-0.4, -0.2) is 55.4 Å². The third kappa shape index (κ3) is 3.96. The molecule has 1 saturated carbocycles. The third-order valence-corrected chi connectivity index (χ3v) is 4.37. The highest BCUT2D eigenvalue weighted by atomic mass is 16.5. The van der Waals surface area contributed by atoms with Crippen molar-refractivity contribution >= 4 is 6.03 Å². The second-order valence-electron chi connectivity index (χ2n) is 5.78. The van der Waals surface area contributed by atoms with E-state index < -0.39 is 0 Å². The minimum atomic E-state index is -0.0572. The highest BCUT2D eigenvalue weighted by molar-refractivity contribution is 5.74. The first-order chi connectivity index (χ1) is 9.70. The first-order valence-corrected chi connectivity index (χ1v) is 7.68. The first-order valence-electron chi connectivity index (χ1n) is 7.68. The van der Waals surface area contributed by atoms with Gasteiger partial charge in [0.2, 0.25) is 0 Å². The number of amides is 2. The molecule has 2 aliphatic rings. The second-order valence-corrected chi connectivity index (χ2v) is 5.78. The molecule has 1 saturated heterocycles. The Bertz CT molecular complexity index is 336. The second kappa shape index (κ2) is 7.09. The highest BCUT2D eigenvalue weighted by Gasteiger charge is 2.48. The Balaban J connectivity index is 1.73. The van der Waals surface area contributed by atoms with E-state index in [9.17, 15) is 4.79 Å². The average Bonchev–Trinajstić information content (AvgIpc) is 3.27. The fraction of sp³-hybridized carbons (Fsp3) is 0.800. The summed E-state index contributed by atoms with van der Waals surface area (Å²) in [5, 5.41) is 6.05. The predicted octanol–water partition coefficient (Wildman–Crippen LogP) is 1.51. The van der Waals surface area contributed by atoms with Gasteiger partial charge in [-0.25, -0.2) is 4.79 Å². The largest absolute Gasteiger partial charge is 0.379 e. The number of nitrogens with one attached hydrogen (secondary N) is 2. The van der Waals surface area contributed by atoms with Gasteiger partial charge in [0.05, 0.1) is 13.2 Å². The van der Waals surface area contributed by atoms with Gasteiger partial charge in [-0.15, -0.1) is 6.58 Å². The molecule has 0 radical (unpaired) electrons. The lowest BCUT2D eigenvalue weighted by molar-refractivity contribution is 0.0102. The third-order valence-electron chi connectivity index (χ3n) is 4.37. The first kappa shape index (κ1) is 15.3. The Labute approximate surface area is 121 Å². The van der Waals surface area contributed by atoms with E-state index in [1.165, 1.54) is 12.8 Å². The molecule has 0 aromatic carbocycles. The van der Waals surface area contributed by atoms with Gasteiger partial charge in [0.25, 0.3) is 0 Å². The predicted molar refractivity (Wildman–Crippen MR) is 79.8 cm³/mol. The summed E-state index contributed by atoms with van der Waals surface area (Å²) < 4.78 is 5.39. The van der Waals surface area contributed by atoms with E-state index in [1.54, 1.807) is 0 Å². The smallest absolute Gasteiger partial charge is 0.315 e. The van der Waals surface area contributed by atoms with Crippen LogP contribution in [0.3, 0.4) is 0 Å². The SMILES string of the molecule is C=CCC(CC)NC(=O)NCC1(N2CCOCC2)CC1. The van der Waals surface area contributed by atoms with Crippen LogP contribution in [0.2, 0.25) is 0 Å². The minimum Gasteiger partial charge on any atom is -0.379 e. The van der Waals surface area contributed by atoms with Gasteiger partial charge in [-0.05, 0) is 25.7 Å². The minimum absolute atomic E-state index is 0.0572. The van der Waals surface area contributed by atoms with Crippen molar-refractivity contribution in [3.05, 3.63) is 12.7 Å². The van der Waals surface area contributed by atoms with Crippen molar-refractivity contribution in [1.29, 1.82) is 0 Å². The van der Waals surface area contributed by atoms with Gasteiger partial charge in [0.1, 0.15) is 0 Å². The van der Waals surface area contributed by atoms with E-state index in [0.29, 0.717) is 0 Å². The summed E-state index contributed by atoms with van der Waals surface area (Å²) in [6, 6.07) is 0.129. The number of hydrogen-bond acceptors (Lipinski definition) is 3. The van der Waals surface area contributed by atoms with Crippen molar-refractivity contribution in [1.82, 2.24) is 15.5 Å². The van der Waals surface area contributed by atoms with Crippen molar-refractivity contribution in [3.8, 4) is 0 Å². The fourth-order valence-electron chi connectivity index (χ4n) is 2.80. The Hall–Kier alpha value is -1.07. The molecule has 1 heterocycles. The summed E-state index contributed by atoms with van der Waals surface area (Å²) in [4.78, 5) is 14.4. The normalized spacial score (nSPS) is 22.9. The lowest BCUT2D eigenvalue weighted by atomic mass is 10.1. The number of carbonyl (C=O) groups excluding carboxylic acids is 1. The summed E-state index contributed by atoms with van der Waals surface area (Å²) in [5.74, 6) is 0. The maximum Gasteiger partial charge on any atom is 0.315 e. The lowest BCUT2D eigenvalue weighted by Crippen LogP contribution is -2.52. The van der Waals surface area contributed by atoms with E-state index in [2.05, 4.69) is 29.0 Å². The van der Waals surface area contributed by atoms with Crippen molar-refractivity contribution in [2.45, 2.75) is 44.2 Å². The molecule has 0 bridgehead atoms. The fourth-order valence-corrected chi connectivity index (χ4v) is 2.80. The van der Waals surface area contributed by atoms with Gasteiger partial charge in [-0.1, -0.05) is 13.0 Å². The van der Waals surface area contributed by atoms with Gasteiger partial charge >= 0.3 is 6.03 Å². The number of carbonyl (C=O) groups is 1. The lowest BCUT2D eigenvalue weighted by Gasteiger charge is -2.35. The molecule has 114 valence electrons. The molecule has 0 spiro atoms. The topological polar surface area (TPSA) is 53.6 Å². The molecule has 2 rings (SSSR count). The molecule has 20 heavy (non-hydrogen) atoms. The van der Waals surface area contributed by atoms with Crippen LogP contribution < -0.4 is 10.6 Å². The van der Waals surface area contributed by atoms with Crippen molar-refractivity contribution in [3.63, 3.8) is 0 Å². The molecular weight excluding hydrogens is 254 g/mol. The van der Waals surface area contributed by atoms with Gasteiger partial charge < -0.3 is 15.4 Å². The standard InChI is InChI=1S/C15H27N3O2/c1-3-5-13(4-2)17-14(19)16-12-15(6-7-15)18-8-10-20-11-9-18/h3,13H,1,4-12H2,2H3,(H2,16,17,19). The van der Waals surface area contributed by atoms with Crippen LogP contribution in [0.25, 0.3) is 0 Å². The summed E-state index contributed by atoms with van der Waals surface area (Å²) in [6.07, 6.45) is 5.95. The van der Waals surface area contributed by atoms with Gasteiger partial charge in [0, 0.05) is 31.2 Å². The molecule has 2 N–H and O–H groups in total. The maximum absolute atomic E-state index is 11.9. The van der Waals surface area contributed by atoms with Crippen LogP contribution >= 0.6 is 0 Å². The number of hydrogen-bond donors (Lipinski definition) is 2. The average molecular weight is 281 g/mol. The zero-order valence-corrected chi connectivity index (χ0v) is 12.5. The molecule has 1 unspecified atom stereocenters. The molecule has 2 amide bonds. The highest BCUT2D eigenvalue weighted by Crippen LogP contribution is 2.41. The Morgan fingerprint density at radius 2 is 2.15 bits per heavy atom. The number of rotatable bonds is 7. The van der Waals surface area contributed by atoms with Crippen LogP contribution in [0.5, 0.6) is 0 Å². The summed E-state index contributed by atoms with van der Waals surface area (Å²) in [6.45, 7) is 10.1. The molecule has 5 heteroatoms. The maximum atomic E-state index is 11.9. The summed E-state index contributed by atoms with van der Waals surface area (Å²) in [7, 11) is 0. The van der Waals surface area contributed by atoms with Crippen molar-refractivity contribution in [2.24, 2.45) is 0 Å². The van der Waals surface area contributed by atoms with E-state index in [0.717, 1.165) is 45.7 Å². The number of nitrogens with zero attached hydrogens (tertiary/aromatic N) is 1. The van der Waals surface area contributed by atoms with Crippen LogP contribution in [0.1, 0.15) is 32.6 Å². The number of morpholine rings is 1. The van der Waals surface area contributed by atoms with E-state index >= 15 is 0 Å². The molecule has 0 aromatic heterocycles. The van der Waals surface area contributed by atoms with Crippen molar-refractivity contribution in [2.75, 3.05) is 32.8 Å². The number of ether oxygens (including phenoxy) is 1. The van der Waals surface area contributed by atoms with Gasteiger partial charge in [-0.3, -0.25) is 4.90 Å². The Morgan fingerprint density at radius 3 is 2.70 bits per heavy atom. The molecule has 1 aliphatic carbocycles. The number of urea groups is 1. The van der Waals surface area contributed by atoms with Crippen LogP contribution in [0.4, 0.5) is 4.79 Å². The van der Waals surface area contributed by atoms with E-state index in [-0.39, 0.29) is 17.6 Å². The van der Waals surface area contributed by atoms with Crippen LogP contribution in [-0.2, 0) is 4.74 Å². The van der Waals surface area contributed by atoms with Gasteiger partial charge in [0.15, 0.2) is 0 Å². The molecular formula is C15H27N3O2. The van der Waals surface area contributed by atoms with E-state index in [4.69, 9.17) is 4.74 Å². The summed E-state index contributed by atoms with van der Waals surface area (Å²) in [5.41, 5.74) is 0.196. The van der Waals surface area contributed by atoms with Crippen molar-refractivity contribution < 1.29 is 9.53 Å². The zero-order valence-electron chi connectivity index (χ0n) is 12.5.